The Bertz CT molecular complexity index is 1330. The van der Waals surface area contributed by atoms with Gasteiger partial charge in [-0.1, -0.05) is 24.3 Å². The fourth-order valence-electron chi connectivity index (χ4n) is 3.88. The van der Waals surface area contributed by atoms with E-state index in [0.29, 0.717) is 17.1 Å². The van der Waals surface area contributed by atoms with Crippen LogP contribution in [-0.2, 0) is 4.79 Å². The van der Waals surface area contributed by atoms with E-state index in [9.17, 15) is 19.2 Å². The molecule has 0 aromatic heterocycles. The molecule has 1 heterocycles. The Morgan fingerprint density at radius 3 is 2.24 bits per heavy atom. The van der Waals surface area contributed by atoms with Gasteiger partial charge in [-0.05, 0) is 67.8 Å². The summed E-state index contributed by atoms with van der Waals surface area (Å²) in [6.07, 6.45) is 1.81. The Labute approximate surface area is 190 Å². The molecule has 1 saturated carbocycles. The molecule has 3 aromatic rings. The van der Waals surface area contributed by atoms with E-state index in [0.717, 1.165) is 23.3 Å². The molecule has 0 saturated heterocycles. The summed E-state index contributed by atoms with van der Waals surface area (Å²) in [6.45, 7) is 1.83. The van der Waals surface area contributed by atoms with Crippen LogP contribution >= 0.6 is 0 Å². The summed E-state index contributed by atoms with van der Waals surface area (Å²) in [4.78, 5) is 51.9. The summed E-state index contributed by atoms with van der Waals surface area (Å²) >= 11 is 0. The number of anilines is 3. The highest BCUT2D eigenvalue weighted by Crippen LogP contribution is 2.32. The number of fused-ring (bicyclic) bond motifs is 1. The molecule has 7 nitrogen and oxygen atoms in total. The van der Waals surface area contributed by atoms with Crippen molar-refractivity contribution in [3.8, 4) is 0 Å². The Morgan fingerprint density at radius 2 is 1.52 bits per heavy atom. The number of imide groups is 1. The monoisotopic (exact) mass is 439 g/mol. The van der Waals surface area contributed by atoms with Crippen molar-refractivity contribution in [1.82, 2.24) is 0 Å². The maximum absolute atomic E-state index is 13.0. The molecule has 33 heavy (non-hydrogen) atoms. The fraction of sp³-hybridized carbons (Fsp3) is 0.154. The molecule has 0 spiro atoms. The molecule has 0 atom stereocenters. The maximum atomic E-state index is 13.0. The number of hydrogen-bond acceptors (Lipinski definition) is 4. The zero-order valence-corrected chi connectivity index (χ0v) is 17.9. The van der Waals surface area contributed by atoms with Crippen molar-refractivity contribution in [1.29, 1.82) is 0 Å². The van der Waals surface area contributed by atoms with Crippen LogP contribution in [0, 0.1) is 12.8 Å². The first-order valence-corrected chi connectivity index (χ1v) is 10.7. The molecule has 2 aliphatic rings. The summed E-state index contributed by atoms with van der Waals surface area (Å²) in [5.74, 6) is -1.22. The van der Waals surface area contributed by atoms with Crippen molar-refractivity contribution in [2.45, 2.75) is 19.8 Å². The number of hydrogen-bond donors (Lipinski definition) is 2. The number of nitrogens with zero attached hydrogens (tertiary/aromatic N) is 1. The van der Waals surface area contributed by atoms with Gasteiger partial charge in [-0.2, -0.15) is 0 Å². The highest BCUT2D eigenvalue weighted by atomic mass is 16.2. The minimum absolute atomic E-state index is 0.0153. The molecule has 0 radical (unpaired) electrons. The number of amides is 4. The number of rotatable bonds is 5. The standard InChI is InChI=1S/C26H21N3O4/c1-15-5-2-3-8-22(15)29-25(32)20-12-11-17(13-21(20)26(29)33)24(31)28-19-7-4-6-18(14-19)27-23(30)16-9-10-16/h2-8,11-14,16H,9-10H2,1H3,(H,27,30)(H,28,31). The first-order chi connectivity index (χ1) is 15.9. The molecule has 0 unspecified atom stereocenters. The van der Waals surface area contributed by atoms with Crippen LogP contribution in [-0.4, -0.2) is 23.6 Å². The number of para-hydroxylation sites is 1. The maximum Gasteiger partial charge on any atom is 0.266 e. The van der Waals surface area contributed by atoms with Gasteiger partial charge in [0, 0.05) is 22.9 Å². The van der Waals surface area contributed by atoms with Crippen molar-refractivity contribution < 1.29 is 19.2 Å². The number of carbonyl (C=O) groups excluding carboxylic acids is 4. The number of carbonyl (C=O) groups is 4. The highest BCUT2D eigenvalue weighted by Gasteiger charge is 2.37. The number of nitrogens with one attached hydrogen (secondary N) is 2. The lowest BCUT2D eigenvalue weighted by atomic mass is 10.1. The summed E-state index contributed by atoms with van der Waals surface area (Å²) in [5, 5.41) is 5.63. The Morgan fingerprint density at radius 1 is 0.818 bits per heavy atom. The van der Waals surface area contributed by atoms with E-state index in [1.54, 1.807) is 36.4 Å². The molecule has 4 amide bonds. The van der Waals surface area contributed by atoms with Crippen LogP contribution in [0.5, 0.6) is 0 Å². The predicted octanol–water partition coefficient (Wildman–Crippen LogP) is 4.40. The van der Waals surface area contributed by atoms with Crippen LogP contribution in [0.1, 0.15) is 49.5 Å². The third kappa shape index (κ3) is 3.89. The summed E-state index contributed by atoms with van der Waals surface area (Å²) < 4.78 is 0. The highest BCUT2D eigenvalue weighted by molar-refractivity contribution is 6.35. The SMILES string of the molecule is Cc1ccccc1N1C(=O)c2ccc(C(=O)Nc3cccc(NC(=O)C4CC4)c3)cc2C1=O. The Hall–Kier alpha value is -4.26. The lowest BCUT2D eigenvalue weighted by Crippen LogP contribution is -2.29. The van der Waals surface area contributed by atoms with Crippen molar-refractivity contribution in [3.05, 3.63) is 89.0 Å². The van der Waals surface area contributed by atoms with E-state index < -0.39 is 17.7 Å². The zero-order valence-electron chi connectivity index (χ0n) is 17.9. The summed E-state index contributed by atoms with van der Waals surface area (Å²) in [5.41, 5.74) is 3.17. The molecule has 2 N–H and O–H groups in total. The molecule has 7 heteroatoms. The Balaban J connectivity index is 1.36. The smallest absolute Gasteiger partial charge is 0.266 e. The van der Waals surface area contributed by atoms with Gasteiger partial charge in [0.15, 0.2) is 0 Å². The van der Waals surface area contributed by atoms with Crippen LogP contribution < -0.4 is 15.5 Å². The molecule has 5 rings (SSSR count). The summed E-state index contributed by atoms with van der Waals surface area (Å²) in [6, 6.07) is 18.5. The topological polar surface area (TPSA) is 95.6 Å². The molecule has 164 valence electrons. The second kappa shape index (κ2) is 8.02. The lowest BCUT2D eigenvalue weighted by Gasteiger charge is -2.16. The normalized spacial score (nSPS) is 14.8. The molecular weight excluding hydrogens is 418 g/mol. The zero-order chi connectivity index (χ0) is 23.1. The molecular formula is C26H21N3O4. The van der Waals surface area contributed by atoms with Crippen LogP contribution in [0.15, 0.2) is 66.7 Å². The molecule has 1 aliphatic carbocycles. The average molecular weight is 439 g/mol. The molecule has 1 aliphatic heterocycles. The predicted molar refractivity (Wildman–Crippen MR) is 125 cm³/mol. The van der Waals surface area contributed by atoms with Gasteiger partial charge in [-0.25, -0.2) is 4.90 Å². The van der Waals surface area contributed by atoms with Gasteiger partial charge >= 0.3 is 0 Å². The van der Waals surface area contributed by atoms with Gasteiger partial charge in [0.1, 0.15) is 0 Å². The number of benzene rings is 3. The first-order valence-electron chi connectivity index (χ1n) is 10.7. The van der Waals surface area contributed by atoms with Crippen molar-refractivity contribution >= 4 is 40.7 Å². The largest absolute Gasteiger partial charge is 0.326 e. The van der Waals surface area contributed by atoms with Crippen LogP contribution in [0.3, 0.4) is 0 Å². The van der Waals surface area contributed by atoms with Crippen LogP contribution in [0.25, 0.3) is 0 Å². The summed E-state index contributed by atoms with van der Waals surface area (Å²) in [7, 11) is 0. The minimum atomic E-state index is -0.455. The molecule has 1 fully saturated rings. The van der Waals surface area contributed by atoms with E-state index in [-0.39, 0.29) is 28.5 Å². The van der Waals surface area contributed by atoms with E-state index in [2.05, 4.69) is 10.6 Å². The Kier molecular flexibility index (Phi) is 5.01. The van der Waals surface area contributed by atoms with Crippen LogP contribution in [0.4, 0.5) is 17.1 Å². The number of aryl methyl sites for hydroxylation is 1. The minimum Gasteiger partial charge on any atom is -0.326 e. The second-order valence-corrected chi connectivity index (χ2v) is 8.29. The fourth-order valence-corrected chi connectivity index (χ4v) is 3.88. The van der Waals surface area contributed by atoms with E-state index >= 15 is 0 Å². The van der Waals surface area contributed by atoms with Crippen molar-refractivity contribution in [2.24, 2.45) is 5.92 Å². The van der Waals surface area contributed by atoms with Gasteiger partial charge in [0.2, 0.25) is 5.91 Å². The van der Waals surface area contributed by atoms with Gasteiger partial charge in [-0.15, -0.1) is 0 Å². The average Bonchev–Trinajstić information content (AvgIpc) is 3.62. The lowest BCUT2D eigenvalue weighted by molar-refractivity contribution is -0.117. The van der Waals surface area contributed by atoms with Crippen molar-refractivity contribution in [2.75, 3.05) is 15.5 Å². The quantitative estimate of drug-likeness (QED) is 0.576. The second-order valence-electron chi connectivity index (χ2n) is 8.29. The van der Waals surface area contributed by atoms with E-state index in [1.165, 1.54) is 18.2 Å². The third-order valence-corrected chi connectivity index (χ3v) is 5.84. The van der Waals surface area contributed by atoms with Crippen molar-refractivity contribution in [3.63, 3.8) is 0 Å². The van der Waals surface area contributed by atoms with E-state index in [1.807, 2.05) is 19.1 Å². The van der Waals surface area contributed by atoms with Gasteiger partial charge in [-0.3, -0.25) is 19.2 Å². The van der Waals surface area contributed by atoms with Gasteiger partial charge in [0.05, 0.1) is 16.8 Å². The van der Waals surface area contributed by atoms with Gasteiger partial charge in [0.25, 0.3) is 17.7 Å². The first kappa shape index (κ1) is 20.6. The third-order valence-electron chi connectivity index (χ3n) is 5.84. The van der Waals surface area contributed by atoms with Gasteiger partial charge < -0.3 is 10.6 Å². The van der Waals surface area contributed by atoms with E-state index in [4.69, 9.17) is 0 Å². The van der Waals surface area contributed by atoms with Crippen LogP contribution in [0.2, 0.25) is 0 Å². The molecule has 3 aromatic carbocycles. The molecule has 0 bridgehead atoms.